The lowest BCUT2D eigenvalue weighted by atomic mass is 9.85. The van der Waals surface area contributed by atoms with Gasteiger partial charge < -0.3 is 9.47 Å². The van der Waals surface area contributed by atoms with Crippen LogP contribution in [0.2, 0.25) is 0 Å². The third-order valence-electron chi connectivity index (χ3n) is 5.40. The first-order valence-corrected chi connectivity index (χ1v) is 8.24. The standard InChI is InChI=1S/C18H22O3/c19-16(20-15-10-4-5-11-15)18(14-8-2-1-3-9-14)17(21-18)12-6-7-13-17/h1-3,8-9,15H,4-7,10-13H2. The molecule has 1 aromatic rings. The van der Waals surface area contributed by atoms with Crippen LogP contribution < -0.4 is 0 Å². The first-order chi connectivity index (χ1) is 10.3. The van der Waals surface area contributed by atoms with Crippen LogP contribution in [-0.4, -0.2) is 17.7 Å². The van der Waals surface area contributed by atoms with Gasteiger partial charge in [-0.1, -0.05) is 43.2 Å². The number of epoxide rings is 1. The van der Waals surface area contributed by atoms with E-state index in [0.29, 0.717) is 0 Å². The maximum atomic E-state index is 12.9. The Labute approximate surface area is 125 Å². The van der Waals surface area contributed by atoms with E-state index in [1.54, 1.807) is 0 Å². The molecule has 3 aliphatic rings. The molecule has 2 aliphatic carbocycles. The molecule has 1 saturated heterocycles. The van der Waals surface area contributed by atoms with Crippen LogP contribution in [0, 0.1) is 0 Å². The maximum Gasteiger partial charge on any atom is 0.346 e. The number of hydrogen-bond donors (Lipinski definition) is 0. The molecule has 4 rings (SSSR count). The van der Waals surface area contributed by atoms with Crippen molar-refractivity contribution in [3.05, 3.63) is 35.9 Å². The van der Waals surface area contributed by atoms with E-state index >= 15 is 0 Å². The minimum Gasteiger partial charge on any atom is -0.460 e. The van der Waals surface area contributed by atoms with Crippen molar-refractivity contribution < 1.29 is 14.3 Å². The Balaban J connectivity index is 1.64. The molecule has 112 valence electrons. The fourth-order valence-corrected chi connectivity index (χ4v) is 4.25. The third-order valence-corrected chi connectivity index (χ3v) is 5.40. The summed E-state index contributed by atoms with van der Waals surface area (Å²) in [6, 6.07) is 9.93. The zero-order valence-electron chi connectivity index (χ0n) is 12.3. The highest BCUT2D eigenvalue weighted by Crippen LogP contribution is 2.64. The molecule has 1 aromatic carbocycles. The van der Waals surface area contributed by atoms with Gasteiger partial charge in [0, 0.05) is 0 Å². The minimum atomic E-state index is -0.826. The molecule has 1 spiro atoms. The number of carbonyl (C=O) groups excluding carboxylic acids is 1. The van der Waals surface area contributed by atoms with Crippen LogP contribution in [0.25, 0.3) is 0 Å². The lowest BCUT2D eigenvalue weighted by molar-refractivity contribution is -0.155. The molecule has 0 bridgehead atoms. The molecule has 0 amide bonds. The number of rotatable bonds is 3. The van der Waals surface area contributed by atoms with Crippen molar-refractivity contribution in [3.63, 3.8) is 0 Å². The summed E-state index contributed by atoms with van der Waals surface area (Å²) in [5.74, 6) is -0.150. The largest absolute Gasteiger partial charge is 0.460 e. The van der Waals surface area contributed by atoms with Crippen molar-refractivity contribution in [1.82, 2.24) is 0 Å². The monoisotopic (exact) mass is 286 g/mol. The zero-order valence-corrected chi connectivity index (χ0v) is 12.3. The molecule has 0 N–H and O–H groups in total. The molecule has 2 saturated carbocycles. The second-order valence-electron chi connectivity index (χ2n) is 6.66. The van der Waals surface area contributed by atoms with Crippen LogP contribution in [0.4, 0.5) is 0 Å². The van der Waals surface area contributed by atoms with Gasteiger partial charge in [0.05, 0.1) is 0 Å². The summed E-state index contributed by atoms with van der Waals surface area (Å²) in [6.45, 7) is 0. The van der Waals surface area contributed by atoms with Crippen molar-refractivity contribution in [2.75, 3.05) is 0 Å². The van der Waals surface area contributed by atoms with E-state index in [9.17, 15) is 4.79 Å². The first kappa shape index (κ1) is 13.3. The van der Waals surface area contributed by atoms with E-state index in [1.165, 1.54) is 12.8 Å². The first-order valence-electron chi connectivity index (χ1n) is 8.24. The molecule has 3 nitrogen and oxygen atoms in total. The smallest absolute Gasteiger partial charge is 0.346 e. The third kappa shape index (κ3) is 1.94. The van der Waals surface area contributed by atoms with Gasteiger partial charge in [0.25, 0.3) is 0 Å². The van der Waals surface area contributed by atoms with E-state index in [1.807, 2.05) is 30.3 Å². The summed E-state index contributed by atoms with van der Waals surface area (Å²) in [6.07, 6.45) is 8.68. The van der Waals surface area contributed by atoms with Gasteiger partial charge in [-0.25, -0.2) is 4.79 Å². The molecule has 1 aliphatic heterocycles. The highest BCUT2D eigenvalue weighted by Gasteiger charge is 2.76. The molecule has 1 heterocycles. The van der Waals surface area contributed by atoms with Crippen molar-refractivity contribution in [2.24, 2.45) is 0 Å². The van der Waals surface area contributed by atoms with Crippen LogP contribution in [-0.2, 0) is 19.9 Å². The number of carbonyl (C=O) groups is 1. The molecule has 21 heavy (non-hydrogen) atoms. The van der Waals surface area contributed by atoms with Gasteiger partial charge in [-0.3, -0.25) is 0 Å². The lowest BCUT2D eigenvalue weighted by Gasteiger charge is -2.19. The topological polar surface area (TPSA) is 38.8 Å². The SMILES string of the molecule is O=C(OC1CCCC1)C1(c2ccccc2)OC12CCCC2. The van der Waals surface area contributed by atoms with Crippen LogP contribution in [0.1, 0.15) is 56.9 Å². The molecular weight excluding hydrogens is 264 g/mol. The second kappa shape index (κ2) is 4.84. The van der Waals surface area contributed by atoms with E-state index in [0.717, 1.165) is 44.1 Å². The van der Waals surface area contributed by atoms with Gasteiger partial charge in [0.15, 0.2) is 0 Å². The number of hydrogen-bond acceptors (Lipinski definition) is 3. The van der Waals surface area contributed by atoms with E-state index in [2.05, 4.69) is 0 Å². The molecule has 1 unspecified atom stereocenters. The summed E-state index contributed by atoms with van der Waals surface area (Å²) in [5.41, 5.74) is -0.146. The summed E-state index contributed by atoms with van der Waals surface area (Å²) in [4.78, 5) is 12.9. The quantitative estimate of drug-likeness (QED) is 0.628. The Bertz CT molecular complexity index is 527. The van der Waals surface area contributed by atoms with Crippen LogP contribution in [0.3, 0.4) is 0 Å². The minimum absolute atomic E-state index is 0.0979. The van der Waals surface area contributed by atoms with E-state index in [-0.39, 0.29) is 17.7 Å². The Morgan fingerprint density at radius 1 is 1.05 bits per heavy atom. The Hall–Kier alpha value is -1.35. The molecule has 3 heteroatoms. The summed E-state index contributed by atoms with van der Waals surface area (Å²) < 4.78 is 12.0. The molecule has 0 aromatic heterocycles. The van der Waals surface area contributed by atoms with E-state index in [4.69, 9.17) is 9.47 Å². The molecule has 0 radical (unpaired) electrons. The summed E-state index contributed by atoms with van der Waals surface area (Å²) in [5, 5.41) is 0. The van der Waals surface area contributed by atoms with Gasteiger partial charge in [-0.2, -0.15) is 0 Å². The molecular formula is C18H22O3. The Kier molecular flexibility index (Phi) is 3.07. The highest BCUT2D eigenvalue weighted by molar-refractivity contribution is 5.87. The Morgan fingerprint density at radius 3 is 2.38 bits per heavy atom. The molecule has 1 atom stereocenters. The number of esters is 1. The fourth-order valence-electron chi connectivity index (χ4n) is 4.25. The second-order valence-corrected chi connectivity index (χ2v) is 6.66. The van der Waals surface area contributed by atoms with E-state index < -0.39 is 5.60 Å². The lowest BCUT2D eigenvalue weighted by Crippen LogP contribution is -2.34. The fraction of sp³-hybridized carbons (Fsp3) is 0.611. The van der Waals surface area contributed by atoms with Crippen LogP contribution in [0.15, 0.2) is 30.3 Å². The van der Waals surface area contributed by atoms with Crippen LogP contribution in [0.5, 0.6) is 0 Å². The number of ether oxygens (including phenoxy) is 2. The number of benzene rings is 1. The van der Waals surface area contributed by atoms with Crippen LogP contribution >= 0.6 is 0 Å². The van der Waals surface area contributed by atoms with Gasteiger partial charge in [-0.15, -0.1) is 0 Å². The normalized spacial score (nSPS) is 30.7. The van der Waals surface area contributed by atoms with Gasteiger partial charge in [0.1, 0.15) is 11.7 Å². The molecule has 3 fully saturated rings. The summed E-state index contributed by atoms with van der Waals surface area (Å²) >= 11 is 0. The van der Waals surface area contributed by atoms with Gasteiger partial charge in [0.2, 0.25) is 5.60 Å². The van der Waals surface area contributed by atoms with Crippen molar-refractivity contribution in [1.29, 1.82) is 0 Å². The average Bonchev–Trinajstić information content (AvgIpc) is 2.89. The van der Waals surface area contributed by atoms with Crippen molar-refractivity contribution in [3.8, 4) is 0 Å². The zero-order chi connectivity index (χ0) is 14.3. The Morgan fingerprint density at radius 2 is 1.71 bits per heavy atom. The maximum absolute atomic E-state index is 12.9. The van der Waals surface area contributed by atoms with Gasteiger partial charge in [-0.05, 0) is 44.1 Å². The predicted molar refractivity (Wildman–Crippen MR) is 78.8 cm³/mol. The average molecular weight is 286 g/mol. The highest BCUT2D eigenvalue weighted by atomic mass is 16.7. The summed E-state index contributed by atoms with van der Waals surface area (Å²) in [7, 11) is 0. The van der Waals surface area contributed by atoms with Crippen molar-refractivity contribution in [2.45, 2.75) is 68.7 Å². The van der Waals surface area contributed by atoms with Gasteiger partial charge >= 0.3 is 5.97 Å². The predicted octanol–water partition coefficient (Wildman–Crippen LogP) is 3.71. The van der Waals surface area contributed by atoms with Crippen molar-refractivity contribution >= 4 is 5.97 Å².